The van der Waals surface area contributed by atoms with E-state index in [0.717, 1.165) is 5.56 Å². The van der Waals surface area contributed by atoms with Gasteiger partial charge in [-0.2, -0.15) is 8.42 Å². The Bertz CT molecular complexity index is 807. The van der Waals surface area contributed by atoms with Crippen LogP contribution in [0.25, 0.3) is 0 Å². The summed E-state index contributed by atoms with van der Waals surface area (Å²) in [5.74, 6) is 0. The predicted octanol–water partition coefficient (Wildman–Crippen LogP) is 4.62. The summed E-state index contributed by atoms with van der Waals surface area (Å²) in [5, 5.41) is 2.65. The average Bonchev–Trinajstić information content (AvgIpc) is 2.55. The van der Waals surface area contributed by atoms with Gasteiger partial charge >= 0.3 is 6.09 Å². The fraction of sp³-hybridized carbons (Fsp3) is 0.667. The molecule has 0 fully saturated rings. The van der Waals surface area contributed by atoms with Crippen LogP contribution >= 0.6 is 0 Å². The zero-order valence-corrected chi connectivity index (χ0v) is 21.5. The summed E-state index contributed by atoms with van der Waals surface area (Å²) in [6.45, 7) is 17.5. The highest BCUT2D eigenvalue weighted by atomic mass is 32.2. The maximum absolute atomic E-state index is 12.5. The van der Waals surface area contributed by atoms with Crippen molar-refractivity contribution in [2.45, 2.75) is 83.1 Å². The first-order valence-electron chi connectivity index (χ1n) is 10.0. The third-order valence-electron chi connectivity index (χ3n) is 4.91. The maximum atomic E-state index is 12.5. The molecule has 1 aromatic carbocycles. The van der Waals surface area contributed by atoms with Crippen LogP contribution in [0.5, 0.6) is 0 Å². The quantitative estimate of drug-likeness (QED) is 0.451. The van der Waals surface area contributed by atoms with E-state index in [1.165, 1.54) is 12.1 Å². The van der Waals surface area contributed by atoms with Crippen molar-refractivity contribution in [3.63, 3.8) is 0 Å². The molecule has 1 rings (SSSR count). The molecule has 0 aromatic heterocycles. The number of carbonyl (C=O) groups excluding carboxylic acids is 1. The minimum atomic E-state index is -3.96. The topological polar surface area (TPSA) is 90.9 Å². The monoisotopic (exact) mass is 459 g/mol. The van der Waals surface area contributed by atoms with Crippen molar-refractivity contribution in [2.24, 2.45) is 0 Å². The molecule has 1 atom stereocenters. The summed E-state index contributed by atoms with van der Waals surface area (Å²) < 4.78 is 41.8. The lowest BCUT2D eigenvalue weighted by Crippen LogP contribution is -2.49. The van der Waals surface area contributed by atoms with Gasteiger partial charge in [-0.3, -0.25) is 4.18 Å². The van der Waals surface area contributed by atoms with Crippen LogP contribution in [0.2, 0.25) is 18.1 Å². The Morgan fingerprint density at radius 2 is 1.57 bits per heavy atom. The Morgan fingerprint density at radius 3 is 2.03 bits per heavy atom. The van der Waals surface area contributed by atoms with E-state index in [1.54, 1.807) is 32.9 Å². The van der Waals surface area contributed by atoms with Gasteiger partial charge in [0.25, 0.3) is 10.1 Å². The number of hydrogen-bond acceptors (Lipinski definition) is 6. The minimum Gasteiger partial charge on any atom is -0.444 e. The molecule has 0 aliphatic carbocycles. The van der Waals surface area contributed by atoms with E-state index in [2.05, 4.69) is 39.2 Å². The van der Waals surface area contributed by atoms with Crippen molar-refractivity contribution >= 4 is 24.5 Å². The Hall–Kier alpha value is -1.42. The Labute approximate surface area is 182 Å². The Kier molecular flexibility index (Phi) is 8.70. The first-order valence-corrected chi connectivity index (χ1v) is 14.3. The predicted molar refractivity (Wildman–Crippen MR) is 121 cm³/mol. The molecule has 1 aromatic rings. The third kappa shape index (κ3) is 8.75. The number of amides is 1. The van der Waals surface area contributed by atoms with E-state index in [9.17, 15) is 13.2 Å². The summed E-state index contributed by atoms with van der Waals surface area (Å²) >= 11 is 0. The van der Waals surface area contributed by atoms with Gasteiger partial charge in [0.15, 0.2) is 8.32 Å². The van der Waals surface area contributed by atoms with Crippen molar-refractivity contribution in [1.82, 2.24) is 5.32 Å². The van der Waals surface area contributed by atoms with Crippen LogP contribution in [0.4, 0.5) is 4.79 Å². The van der Waals surface area contributed by atoms with Crippen molar-refractivity contribution in [3.8, 4) is 0 Å². The molecule has 0 saturated heterocycles. The normalized spacial score (nSPS) is 14.3. The molecular formula is C21H37NO6SSi. The molecule has 0 aliphatic rings. The molecule has 9 heteroatoms. The van der Waals surface area contributed by atoms with Gasteiger partial charge in [-0.15, -0.1) is 0 Å². The third-order valence-corrected chi connectivity index (χ3v) is 10.7. The van der Waals surface area contributed by atoms with Gasteiger partial charge in [0.05, 0.1) is 24.2 Å². The molecule has 1 N–H and O–H groups in total. The molecule has 0 saturated carbocycles. The molecule has 1 amide bonds. The standard InChI is InChI=1S/C21H37NO6SSi/c1-16-10-12-18(13-11-16)29(24,25)26-14-17(22-19(23)28-20(2,3)4)15-27-30(8,9)21(5,6)7/h10-13,17H,14-15H2,1-9H3,(H,22,23)/t17-/m1/s1. The molecular weight excluding hydrogens is 422 g/mol. The molecule has 172 valence electrons. The summed E-state index contributed by atoms with van der Waals surface area (Å²) in [5.41, 5.74) is 0.269. The van der Waals surface area contributed by atoms with Gasteiger partial charge in [-0.05, 0) is 58.0 Å². The number of aryl methyl sites for hydroxylation is 1. The number of rotatable bonds is 8. The second-order valence-electron chi connectivity index (χ2n) is 9.97. The first kappa shape index (κ1) is 26.6. The smallest absolute Gasteiger partial charge is 0.408 e. The van der Waals surface area contributed by atoms with Crippen LogP contribution in [0, 0.1) is 6.92 Å². The number of benzene rings is 1. The number of alkyl carbamates (subject to hydrolysis) is 1. The number of hydrogen-bond donors (Lipinski definition) is 1. The lowest BCUT2D eigenvalue weighted by molar-refractivity contribution is 0.0462. The van der Waals surface area contributed by atoms with E-state index < -0.39 is 36.2 Å². The lowest BCUT2D eigenvalue weighted by atomic mass is 10.2. The molecule has 0 spiro atoms. The van der Waals surface area contributed by atoms with Crippen LogP contribution in [0.3, 0.4) is 0 Å². The minimum absolute atomic E-state index is 0.0295. The van der Waals surface area contributed by atoms with Gasteiger partial charge in [-0.25, -0.2) is 4.79 Å². The van der Waals surface area contributed by atoms with Crippen LogP contribution in [0.15, 0.2) is 29.2 Å². The van der Waals surface area contributed by atoms with Gasteiger partial charge in [0.1, 0.15) is 5.60 Å². The van der Waals surface area contributed by atoms with Crippen molar-refractivity contribution in [2.75, 3.05) is 13.2 Å². The fourth-order valence-electron chi connectivity index (χ4n) is 2.08. The van der Waals surface area contributed by atoms with Crippen LogP contribution in [-0.2, 0) is 23.5 Å². The number of ether oxygens (including phenoxy) is 1. The number of nitrogens with one attached hydrogen (secondary N) is 1. The fourth-order valence-corrected chi connectivity index (χ4v) is 4.08. The second kappa shape index (κ2) is 9.80. The van der Waals surface area contributed by atoms with Gasteiger partial charge in [0, 0.05) is 0 Å². The van der Waals surface area contributed by atoms with Gasteiger partial charge in [-0.1, -0.05) is 38.5 Å². The SMILES string of the molecule is Cc1ccc(S(=O)(=O)OC[C@H](CO[Si](C)(C)C(C)(C)C)NC(=O)OC(C)(C)C)cc1. The van der Waals surface area contributed by atoms with Crippen LogP contribution in [0.1, 0.15) is 47.1 Å². The molecule has 30 heavy (non-hydrogen) atoms. The molecule has 0 aliphatic heterocycles. The van der Waals surface area contributed by atoms with Crippen molar-refractivity contribution in [3.05, 3.63) is 29.8 Å². The Morgan fingerprint density at radius 1 is 1.03 bits per heavy atom. The first-order chi connectivity index (χ1) is 13.4. The number of carbonyl (C=O) groups is 1. The highest BCUT2D eigenvalue weighted by Crippen LogP contribution is 2.36. The van der Waals surface area contributed by atoms with Crippen molar-refractivity contribution < 1.29 is 26.6 Å². The lowest BCUT2D eigenvalue weighted by Gasteiger charge is -2.37. The highest BCUT2D eigenvalue weighted by molar-refractivity contribution is 7.86. The van der Waals surface area contributed by atoms with Crippen LogP contribution in [-0.4, -0.2) is 47.7 Å². The molecule has 0 radical (unpaired) electrons. The highest BCUT2D eigenvalue weighted by Gasteiger charge is 2.38. The van der Waals surface area contributed by atoms with Gasteiger partial charge < -0.3 is 14.5 Å². The molecule has 7 nitrogen and oxygen atoms in total. The van der Waals surface area contributed by atoms with E-state index in [1.807, 2.05) is 6.92 Å². The van der Waals surface area contributed by atoms with E-state index in [0.29, 0.717) is 0 Å². The summed E-state index contributed by atoms with van der Waals surface area (Å²) in [4.78, 5) is 12.3. The molecule has 0 bridgehead atoms. The second-order valence-corrected chi connectivity index (χ2v) is 16.4. The van der Waals surface area contributed by atoms with E-state index >= 15 is 0 Å². The Balaban J connectivity index is 2.91. The van der Waals surface area contributed by atoms with Gasteiger partial charge in [0.2, 0.25) is 0 Å². The maximum Gasteiger partial charge on any atom is 0.408 e. The zero-order chi connectivity index (χ0) is 23.4. The molecule has 0 heterocycles. The largest absolute Gasteiger partial charge is 0.444 e. The van der Waals surface area contributed by atoms with Crippen LogP contribution < -0.4 is 5.32 Å². The van der Waals surface area contributed by atoms with E-state index in [4.69, 9.17) is 13.3 Å². The summed E-state index contributed by atoms with van der Waals surface area (Å²) in [6.07, 6.45) is -0.650. The average molecular weight is 460 g/mol. The summed E-state index contributed by atoms with van der Waals surface area (Å²) in [6, 6.07) is 5.70. The van der Waals surface area contributed by atoms with E-state index in [-0.39, 0.29) is 23.1 Å². The zero-order valence-electron chi connectivity index (χ0n) is 19.7. The molecule has 0 unspecified atom stereocenters. The summed E-state index contributed by atoms with van der Waals surface area (Å²) in [7, 11) is -6.07. The van der Waals surface area contributed by atoms with Crippen molar-refractivity contribution in [1.29, 1.82) is 0 Å².